The van der Waals surface area contributed by atoms with Crippen LogP contribution in [-0.4, -0.2) is 37.0 Å². The second-order valence-corrected chi connectivity index (χ2v) is 7.14. The van der Waals surface area contributed by atoms with Gasteiger partial charge in [-0.25, -0.2) is 0 Å². The van der Waals surface area contributed by atoms with E-state index >= 15 is 0 Å². The Labute approximate surface area is 147 Å². The van der Waals surface area contributed by atoms with Gasteiger partial charge in [-0.15, -0.1) is 0 Å². The SMILES string of the molecule is O=C(N1CCN(c2ccc(Cl)cc2)CC1)C1(c2ccccc2)CC1. The van der Waals surface area contributed by atoms with Crippen molar-refractivity contribution in [3.05, 3.63) is 65.2 Å². The van der Waals surface area contributed by atoms with Crippen LogP contribution in [0, 0.1) is 0 Å². The second-order valence-electron chi connectivity index (χ2n) is 6.70. The number of anilines is 1. The normalized spacial score (nSPS) is 19.2. The Morgan fingerprint density at radius 3 is 2.08 bits per heavy atom. The number of halogens is 1. The Morgan fingerprint density at radius 1 is 0.875 bits per heavy atom. The number of carbonyl (C=O) groups is 1. The van der Waals surface area contributed by atoms with Crippen molar-refractivity contribution in [2.45, 2.75) is 18.3 Å². The van der Waals surface area contributed by atoms with E-state index in [9.17, 15) is 4.79 Å². The molecule has 0 spiro atoms. The molecule has 0 radical (unpaired) electrons. The lowest BCUT2D eigenvalue weighted by molar-refractivity contribution is -0.134. The quantitative estimate of drug-likeness (QED) is 0.850. The number of hydrogen-bond acceptors (Lipinski definition) is 2. The van der Waals surface area contributed by atoms with Crippen LogP contribution in [0.15, 0.2) is 54.6 Å². The van der Waals surface area contributed by atoms with Gasteiger partial charge in [-0.05, 0) is 42.7 Å². The Balaban J connectivity index is 1.43. The summed E-state index contributed by atoms with van der Waals surface area (Å²) in [7, 11) is 0. The standard InChI is InChI=1S/C20H21ClN2O/c21-17-6-8-18(9-7-17)22-12-14-23(15-13-22)19(24)20(10-11-20)16-4-2-1-3-5-16/h1-9H,10-15H2. The van der Waals surface area contributed by atoms with Crippen LogP contribution < -0.4 is 4.90 Å². The minimum atomic E-state index is -0.246. The molecule has 2 aromatic rings. The summed E-state index contributed by atoms with van der Waals surface area (Å²) < 4.78 is 0. The van der Waals surface area contributed by atoms with Crippen molar-refractivity contribution < 1.29 is 4.79 Å². The highest BCUT2D eigenvalue weighted by Gasteiger charge is 2.53. The third kappa shape index (κ3) is 2.78. The molecule has 3 nitrogen and oxygen atoms in total. The van der Waals surface area contributed by atoms with Crippen molar-refractivity contribution >= 4 is 23.2 Å². The van der Waals surface area contributed by atoms with Crippen LogP contribution in [0.4, 0.5) is 5.69 Å². The highest BCUT2D eigenvalue weighted by molar-refractivity contribution is 6.30. The molecule has 0 N–H and O–H groups in total. The van der Waals surface area contributed by atoms with Gasteiger partial charge in [-0.1, -0.05) is 41.9 Å². The van der Waals surface area contributed by atoms with E-state index in [0.29, 0.717) is 5.91 Å². The summed E-state index contributed by atoms with van der Waals surface area (Å²) >= 11 is 5.96. The van der Waals surface area contributed by atoms with Crippen LogP contribution in [0.25, 0.3) is 0 Å². The molecule has 2 fully saturated rings. The summed E-state index contributed by atoms with van der Waals surface area (Å²) in [6.45, 7) is 3.32. The number of rotatable bonds is 3. The number of carbonyl (C=O) groups excluding carboxylic acids is 1. The molecule has 2 aromatic carbocycles. The topological polar surface area (TPSA) is 23.6 Å². The van der Waals surface area contributed by atoms with Crippen LogP contribution in [0.5, 0.6) is 0 Å². The van der Waals surface area contributed by atoms with Gasteiger partial charge in [0, 0.05) is 36.9 Å². The smallest absolute Gasteiger partial charge is 0.233 e. The molecule has 1 amide bonds. The van der Waals surface area contributed by atoms with Crippen LogP contribution in [-0.2, 0) is 10.2 Å². The first kappa shape index (κ1) is 15.5. The van der Waals surface area contributed by atoms with Gasteiger partial charge in [-0.2, -0.15) is 0 Å². The molecule has 4 heteroatoms. The Morgan fingerprint density at radius 2 is 1.50 bits per heavy atom. The third-order valence-corrected chi connectivity index (χ3v) is 5.50. The van der Waals surface area contributed by atoms with E-state index in [1.54, 1.807) is 0 Å². The molecular formula is C20H21ClN2O. The van der Waals surface area contributed by atoms with Crippen LogP contribution in [0.2, 0.25) is 5.02 Å². The zero-order valence-electron chi connectivity index (χ0n) is 13.6. The maximum atomic E-state index is 13.1. The summed E-state index contributed by atoms with van der Waals surface area (Å²) in [6, 6.07) is 18.2. The Kier molecular flexibility index (Phi) is 3.97. The average Bonchev–Trinajstić information content (AvgIpc) is 3.45. The summed E-state index contributed by atoms with van der Waals surface area (Å²) in [5.41, 5.74) is 2.11. The number of benzene rings is 2. The zero-order chi connectivity index (χ0) is 16.6. The molecule has 0 unspecified atom stereocenters. The van der Waals surface area contributed by atoms with E-state index < -0.39 is 0 Å². The fraction of sp³-hybridized carbons (Fsp3) is 0.350. The molecule has 4 rings (SSSR count). The van der Waals surface area contributed by atoms with Crippen molar-refractivity contribution in [2.24, 2.45) is 0 Å². The molecule has 0 aromatic heterocycles. The molecule has 1 aliphatic carbocycles. The van der Waals surface area contributed by atoms with Gasteiger partial charge in [0.15, 0.2) is 0 Å². The minimum absolute atomic E-state index is 0.246. The van der Waals surface area contributed by atoms with Crippen LogP contribution in [0.1, 0.15) is 18.4 Å². The first-order chi connectivity index (χ1) is 11.7. The molecule has 2 aliphatic rings. The second kappa shape index (κ2) is 6.14. The number of nitrogens with zero attached hydrogens (tertiary/aromatic N) is 2. The number of piperazine rings is 1. The molecule has 1 aliphatic heterocycles. The number of hydrogen-bond donors (Lipinski definition) is 0. The van der Waals surface area contributed by atoms with Crippen molar-refractivity contribution in [1.82, 2.24) is 4.90 Å². The van der Waals surface area contributed by atoms with Crippen molar-refractivity contribution in [2.75, 3.05) is 31.1 Å². The first-order valence-electron chi connectivity index (χ1n) is 8.54. The molecule has 0 atom stereocenters. The van der Waals surface area contributed by atoms with E-state index in [1.165, 1.54) is 11.3 Å². The van der Waals surface area contributed by atoms with E-state index in [-0.39, 0.29) is 5.41 Å². The number of amides is 1. The fourth-order valence-corrected chi connectivity index (χ4v) is 3.76. The molecule has 1 saturated heterocycles. The van der Waals surface area contributed by atoms with E-state index in [2.05, 4.69) is 17.0 Å². The summed E-state index contributed by atoms with van der Waals surface area (Å²) in [4.78, 5) is 17.4. The maximum Gasteiger partial charge on any atom is 0.233 e. The van der Waals surface area contributed by atoms with Crippen molar-refractivity contribution in [1.29, 1.82) is 0 Å². The first-order valence-corrected chi connectivity index (χ1v) is 8.92. The lowest BCUT2D eigenvalue weighted by Crippen LogP contribution is -2.51. The summed E-state index contributed by atoms with van der Waals surface area (Å²) in [5.74, 6) is 0.310. The van der Waals surface area contributed by atoms with Crippen molar-refractivity contribution in [3.63, 3.8) is 0 Å². The van der Waals surface area contributed by atoms with Gasteiger partial charge in [0.05, 0.1) is 5.41 Å². The monoisotopic (exact) mass is 340 g/mol. The zero-order valence-corrected chi connectivity index (χ0v) is 14.4. The molecule has 24 heavy (non-hydrogen) atoms. The lowest BCUT2D eigenvalue weighted by atomic mass is 9.94. The predicted octanol–water partition coefficient (Wildman–Crippen LogP) is 3.72. The van der Waals surface area contributed by atoms with Gasteiger partial charge < -0.3 is 9.80 Å². The molecule has 1 heterocycles. The Hall–Kier alpha value is -2.00. The highest BCUT2D eigenvalue weighted by Crippen LogP contribution is 2.49. The molecular weight excluding hydrogens is 320 g/mol. The molecule has 1 saturated carbocycles. The third-order valence-electron chi connectivity index (χ3n) is 5.24. The molecule has 0 bridgehead atoms. The lowest BCUT2D eigenvalue weighted by Gasteiger charge is -2.38. The summed E-state index contributed by atoms with van der Waals surface area (Å²) in [6.07, 6.45) is 1.96. The Bertz CT molecular complexity index is 717. The minimum Gasteiger partial charge on any atom is -0.368 e. The highest BCUT2D eigenvalue weighted by atomic mass is 35.5. The van der Waals surface area contributed by atoms with E-state index in [0.717, 1.165) is 44.0 Å². The van der Waals surface area contributed by atoms with Gasteiger partial charge >= 0.3 is 0 Å². The largest absolute Gasteiger partial charge is 0.368 e. The van der Waals surface area contributed by atoms with E-state index in [4.69, 9.17) is 11.6 Å². The predicted molar refractivity (Wildman–Crippen MR) is 97.6 cm³/mol. The van der Waals surface area contributed by atoms with Gasteiger partial charge in [-0.3, -0.25) is 4.79 Å². The molecule has 124 valence electrons. The fourth-order valence-electron chi connectivity index (χ4n) is 3.63. The van der Waals surface area contributed by atoms with Gasteiger partial charge in [0.2, 0.25) is 5.91 Å². The van der Waals surface area contributed by atoms with Gasteiger partial charge in [0.25, 0.3) is 0 Å². The van der Waals surface area contributed by atoms with E-state index in [1.807, 2.05) is 47.4 Å². The summed E-state index contributed by atoms with van der Waals surface area (Å²) in [5, 5.41) is 0.756. The maximum absolute atomic E-state index is 13.1. The van der Waals surface area contributed by atoms with Crippen LogP contribution >= 0.6 is 11.6 Å². The van der Waals surface area contributed by atoms with Crippen molar-refractivity contribution in [3.8, 4) is 0 Å². The average molecular weight is 341 g/mol. The van der Waals surface area contributed by atoms with Gasteiger partial charge in [0.1, 0.15) is 0 Å². The van der Waals surface area contributed by atoms with Crippen LogP contribution in [0.3, 0.4) is 0 Å².